The number of fused-ring (bicyclic) bond motifs is 2. The Kier molecular flexibility index (Phi) is 7.12. The first-order valence-corrected chi connectivity index (χ1v) is 13.2. The zero-order valence-electron chi connectivity index (χ0n) is 21.8. The maximum Gasteiger partial charge on any atom is 0.256 e. The SMILES string of the molecule is CCc1sc2ccc(C#Cc3cn(C)nc3C)cc2c1-c1ccccc1.NC(=O)c1c(N)nn2cccnc12. The van der Waals surface area contributed by atoms with E-state index in [2.05, 4.69) is 82.5 Å². The van der Waals surface area contributed by atoms with Crippen LogP contribution in [-0.4, -0.2) is 30.3 Å². The first-order valence-electron chi connectivity index (χ1n) is 12.4. The summed E-state index contributed by atoms with van der Waals surface area (Å²) in [5.74, 6) is 6.06. The van der Waals surface area contributed by atoms with E-state index >= 15 is 0 Å². The largest absolute Gasteiger partial charge is 0.381 e. The molecule has 194 valence electrons. The second-order valence-electron chi connectivity index (χ2n) is 8.89. The second-order valence-corrected chi connectivity index (χ2v) is 10.0. The number of aryl methyl sites for hydroxylation is 3. The van der Waals surface area contributed by atoms with Gasteiger partial charge < -0.3 is 11.5 Å². The number of hydrogen-bond acceptors (Lipinski definition) is 6. The maximum absolute atomic E-state index is 10.9. The summed E-state index contributed by atoms with van der Waals surface area (Å²) >= 11 is 1.89. The van der Waals surface area contributed by atoms with Gasteiger partial charge in [-0.15, -0.1) is 16.4 Å². The van der Waals surface area contributed by atoms with Crippen molar-refractivity contribution in [1.29, 1.82) is 0 Å². The second kappa shape index (κ2) is 10.8. The van der Waals surface area contributed by atoms with Crippen LogP contribution >= 0.6 is 11.3 Å². The molecule has 0 aliphatic carbocycles. The monoisotopic (exact) mass is 533 g/mol. The number of primary amides is 1. The minimum absolute atomic E-state index is 0.103. The van der Waals surface area contributed by atoms with Crippen molar-refractivity contribution in [2.45, 2.75) is 20.3 Å². The fraction of sp³-hybridized carbons (Fsp3) is 0.133. The molecule has 4 N–H and O–H groups in total. The molecule has 0 atom stereocenters. The Morgan fingerprint density at radius 3 is 2.56 bits per heavy atom. The van der Waals surface area contributed by atoms with Gasteiger partial charge in [-0.3, -0.25) is 9.48 Å². The number of aromatic nitrogens is 5. The topological polar surface area (TPSA) is 117 Å². The van der Waals surface area contributed by atoms with Crippen molar-refractivity contribution in [1.82, 2.24) is 24.4 Å². The first kappa shape index (κ1) is 25.7. The summed E-state index contributed by atoms with van der Waals surface area (Å²) in [5.41, 5.74) is 16.8. The zero-order valence-corrected chi connectivity index (χ0v) is 22.7. The Bertz CT molecular complexity index is 1870. The average Bonchev–Trinajstić information content (AvgIpc) is 3.58. The van der Waals surface area contributed by atoms with Gasteiger partial charge in [-0.25, -0.2) is 9.50 Å². The lowest BCUT2D eigenvalue weighted by Gasteiger charge is -2.03. The number of nitrogens with zero attached hydrogens (tertiary/aromatic N) is 5. The number of hydrogen-bond donors (Lipinski definition) is 2. The van der Waals surface area contributed by atoms with Crippen LogP contribution in [0.1, 0.15) is 39.0 Å². The molecule has 0 bridgehead atoms. The number of nitrogens with two attached hydrogens (primary N) is 2. The van der Waals surface area contributed by atoms with E-state index in [1.165, 1.54) is 30.6 Å². The maximum atomic E-state index is 10.9. The van der Waals surface area contributed by atoms with Crippen molar-refractivity contribution >= 4 is 38.8 Å². The molecule has 0 saturated carbocycles. The molecule has 0 aliphatic heterocycles. The van der Waals surface area contributed by atoms with Crippen molar-refractivity contribution in [3.8, 4) is 23.0 Å². The molecule has 0 radical (unpaired) electrons. The van der Waals surface area contributed by atoms with E-state index in [0.717, 1.165) is 23.2 Å². The molecule has 0 unspecified atom stereocenters. The smallest absolute Gasteiger partial charge is 0.256 e. The van der Waals surface area contributed by atoms with Crippen LogP contribution in [0.3, 0.4) is 0 Å². The molecular weight excluding hydrogens is 506 g/mol. The van der Waals surface area contributed by atoms with Crippen molar-refractivity contribution in [3.63, 3.8) is 0 Å². The molecule has 0 fully saturated rings. The molecular formula is C30H27N7OS. The lowest BCUT2D eigenvalue weighted by atomic mass is 10.00. The van der Waals surface area contributed by atoms with Crippen LogP contribution in [-0.2, 0) is 13.5 Å². The van der Waals surface area contributed by atoms with Gasteiger partial charge in [0, 0.05) is 51.7 Å². The number of carbonyl (C=O) groups is 1. The van der Waals surface area contributed by atoms with Crippen molar-refractivity contribution in [2.24, 2.45) is 12.8 Å². The molecule has 8 nitrogen and oxygen atoms in total. The van der Waals surface area contributed by atoms with Gasteiger partial charge in [0.15, 0.2) is 11.5 Å². The van der Waals surface area contributed by atoms with E-state index in [9.17, 15) is 4.79 Å². The molecule has 2 aromatic carbocycles. The normalized spacial score (nSPS) is 10.6. The number of benzene rings is 2. The lowest BCUT2D eigenvalue weighted by Crippen LogP contribution is -2.12. The van der Waals surface area contributed by atoms with Crippen LogP contribution in [0.4, 0.5) is 5.82 Å². The van der Waals surface area contributed by atoms with E-state index < -0.39 is 5.91 Å². The number of amides is 1. The molecule has 0 aliphatic rings. The van der Waals surface area contributed by atoms with Crippen LogP contribution in [0.5, 0.6) is 0 Å². The fourth-order valence-corrected chi connectivity index (χ4v) is 5.55. The van der Waals surface area contributed by atoms with Crippen LogP contribution in [0.2, 0.25) is 0 Å². The third kappa shape index (κ3) is 5.23. The van der Waals surface area contributed by atoms with Gasteiger partial charge in [0.1, 0.15) is 5.56 Å². The highest BCUT2D eigenvalue weighted by molar-refractivity contribution is 7.19. The van der Waals surface area contributed by atoms with Gasteiger partial charge in [0.2, 0.25) is 0 Å². The highest BCUT2D eigenvalue weighted by Gasteiger charge is 2.15. The van der Waals surface area contributed by atoms with E-state index in [1.807, 2.05) is 36.2 Å². The van der Waals surface area contributed by atoms with E-state index in [-0.39, 0.29) is 11.4 Å². The Hall–Kier alpha value is -4.94. The molecule has 1 amide bonds. The summed E-state index contributed by atoms with van der Waals surface area (Å²) in [4.78, 5) is 16.3. The Labute approximate surface area is 229 Å². The van der Waals surface area contributed by atoms with Crippen molar-refractivity contribution < 1.29 is 4.79 Å². The molecule has 9 heteroatoms. The molecule has 0 spiro atoms. The van der Waals surface area contributed by atoms with Crippen molar-refractivity contribution in [2.75, 3.05) is 5.73 Å². The molecule has 0 saturated heterocycles. The number of rotatable bonds is 3. The molecule has 6 rings (SSSR count). The number of thiophene rings is 1. The van der Waals surface area contributed by atoms with Gasteiger partial charge in [-0.05, 0) is 43.2 Å². The summed E-state index contributed by atoms with van der Waals surface area (Å²) in [5, 5.41) is 9.52. The Morgan fingerprint density at radius 2 is 1.87 bits per heavy atom. The molecule has 4 aromatic heterocycles. The fourth-order valence-electron chi connectivity index (χ4n) is 4.40. The summed E-state index contributed by atoms with van der Waals surface area (Å²) in [6, 6.07) is 18.9. The molecule has 6 aromatic rings. The summed E-state index contributed by atoms with van der Waals surface area (Å²) in [7, 11) is 1.92. The highest BCUT2D eigenvalue weighted by Crippen LogP contribution is 2.39. The van der Waals surface area contributed by atoms with Crippen LogP contribution < -0.4 is 11.5 Å². The predicted octanol–water partition coefficient (Wildman–Crippen LogP) is 4.98. The summed E-state index contributed by atoms with van der Waals surface area (Å²) in [6.45, 7) is 4.22. The highest BCUT2D eigenvalue weighted by atomic mass is 32.1. The van der Waals surface area contributed by atoms with Crippen LogP contribution in [0, 0.1) is 18.8 Å². The van der Waals surface area contributed by atoms with E-state index in [0.29, 0.717) is 5.65 Å². The summed E-state index contributed by atoms with van der Waals surface area (Å²) < 4.78 is 4.54. The Balaban J connectivity index is 0.000000198. The molecule has 4 heterocycles. The minimum Gasteiger partial charge on any atom is -0.381 e. The van der Waals surface area contributed by atoms with Gasteiger partial charge >= 0.3 is 0 Å². The lowest BCUT2D eigenvalue weighted by molar-refractivity contribution is 0.100. The van der Waals surface area contributed by atoms with Gasteiger partial charge in [0.05, 0.1) is 11.3 Å². The number of nitrogen functional groups attached to an aromatic ring is 1. The minimum atomic E-state index is -0.619. The van der Waals surface area contributed by atoms with Crippen LogP contribution in [0.25, 0.3) is 26.9 Å². The van der Waals surface area contributed by atoms with E-state index in [1.54, 1.807) is 18.5 Å². The average molecular weight is 534 g/mol. The van der Waals surface area contributed by atoms with Gasteiger partial charge in [0.25, 0.3) is 5.91 Å². The van der Waals surface area contributed by atoms with Crippen molar-refractivity contribution in [3.05, 3.63) is 100 Å². The number of anilines is 1. The quantitative estimate of drug-likeness (QED) is 0.311. The predicted molar refractivity (Wildman–Crippen MR) is 156 cm³/mol. The Morgan fingerprint density at radius 1 is 1.08 bits per heavy atom. The number of carbonyl (C=O) groups excluding carboxylic acids is 1. The first-order chi connectivity index (χ1) is 18.9. The van der Waals surface area contributed by atoms with Gasteiger partial charge in [-0.2, -0.15) is 5.10 Å². The zero-order chi connectivity index (χ0) is 27.5. The van der Waals surface area contributed by atoms with Crippen LogP contribution in [0.15, 0.2) is 73.2 Å². The molecule has 39 heavy (non-hydrogen) atoms. The van der Waals surface area contributed by atoms with Gasteiger partial charge in [-0.1, -0.05) is 49.1 Å². The standard InChI is InChI=1S/C23H20N2S.C7H7N5O/c1-4-21-23(18-8-6-5-7-9-18)20-14-17(11-13-22(20)26-21)10-12-19-15-25(3)24-16(19)2;8-5-4(6(9)13)7-10-2-1-3-12(7)11-5/h5-9,11,13-15H,4H2,1-3H3;1-3H,(H2,8,11)(H2,9,13). The summed E-state index contributed by atoms with van der Waals surface area (Å²) in [6.07, 6.45) is 6.20. The third-order valence-corrected chi connectivity index (χ3v) is 7.48. The van der Waals surface area contributed by atoms with E-state index in [4.69, 9.17) is 11.5 Å². The third-order valence-electron chi connectivity index (χ3n) is 6.17.